The van der Waals surface area contributed by atoms with E-state index in [-0.39, 0.29) is 6.61 Å². The Labute approximate surface area is 114 Å². The van der Waals surface area contributed by atoms with E-state index in [1.165, 1.54) is 37.7 Å². The number of hydrogen-bond acceptors (Lipinski definition) is 3. The van der Waals surface area contributed by atoms with E-state index in [9.17, 15) is 0 Å². The molecular weight excluding hydrogens is 240 g/mol. The van der Waals surface area contributed by atoms with Gasteiger partial charge in [0, 0.05) is 0 Å². The molecule has 1 aliphatic carbocycles. The molecule has 104 valence electrons. The van der Waals surface area contributed by atoms with Crippen molar-refractivity contribution in [1.82, 2.24) is 0 Å². The third-order valence-corrected chi connectivity index (χ3v) is 4.04. The van der Waals surface area contributed by atoms with E-state index in [2.05, 4.69) is 23.6 Å². The Bertz CT molecular complexity index is 401. The fourth-order valence-corrected chi connectivity index (χ4v) is 2.80. The number of aliphatic hydroxyl groups is 1. The highest BCUT2D eigenvalue weighted by atomic mass is 17.1. The van der Waals surface area contributed by atoms with Gasteiger partial charge in [-0.25, -0.2) is 4.89 Å². The lowest BCUT2D eigenvalue weighted by atomic mass is 9.83. The van der Waals surface area contributed by atoms with Crippen molar-refractivity contribution < 1.29 is 15.3 Å². The molecule has 1 fully saturated rings. The maximum atomic E-state index is 9.07. The van der Waals surface area contributed by atoms with Crippen LogP contribution < -0.4 is 0 Å². The molecule has 1 atom stereocenters. The Hall–Kier alpha value is -1.16. The van der Waals surface area contributed by atoms with E-state index in [1.807, 2.05) is 12.1 Å². The number of rotatable bonds is 5. The van der Waals surface area contributed by atoms with Crippen molar-refractivity contribution in [3.63, 3.8) is 0 Å². The Morgan fingerprint density at radius 2 is 1.84 bits per heavy atom. The van der Waals surface area contributed by atoms with Gasteiger partial charge >= 0.3 is 0 Å². The molecular formula is C16H22O3. The lowest BCUT2D eigenvalue weighted by Gasteiger charge is -2.22. The normalized spacial score (nSPS) is 18.2. The molecule has 2 rings (SSSR count). The standard InChI is InChI=1S/C16H22O3/c1-12(16(11-17)19-18)13-7-9-15(10-8-13)14-5-3-2-4-6-14/h7-10,14,16-18H,1-6,11H2. The Morgan fingerprint density at radius 1 is 1.21 bits per heavy atom. The summed E-state index contributed by atoms with van der Waals surface area (Å²) in [5, 5.41) is 17.8. The lowest BCUT2D eigenvalue weighted by Crippen LogP contribution is -2.17. The van der Waals surface area contributed by atoms with Gasteiger partial charge in [-0.3, -0.25) is 5.26 Å². The van der Waals surface area contributed by atoms with Crippen LogP contribution in [0.2, 0.25) is 0 Å². The van der Waals surface area contributed by atoms with Crippen molar-refractivity contribution in [2.75, 3.05) is 6.61 Å². The van der Waals surface area contributed by atoms with Gasteiger partial charge in [-0.2, -0.15) is 0 Å². The molecule has 0 aromatic heterocycles. The SMILES string of the molecule is C=C(c1ccc(C2CCCCC2)cc1)C(CO)OO. The second-order valence-electron chi connectivity index (χ2n) is 5.26. The molecule has 0 heterocycles. The number of aliphatic hydroxyl groups excluding tert-OH is 1. The van der Waals surface area contributed by atoms with Crippen molar-refractivity contribution in [3.05, 3.63) is 42.0 Å². The maximum absolute atomic E-state index is 9.07. The van der Waals surface area contributed by atoms with E-state index in [1.54, 1.807) is 0 Å². The zero-order chi connectivity index (χ0) is 13.7. The van der Waals surface area contributed by atoms with Crippen LogP contribution >= 0.6 is 0 Å². The molecule has 0 saturated heterocycles. The van der Waals surface area contributed by atoms with E-state index < -0.39 is 6.10 Å². The van der Waals surface area contributed by atoms with E-state index in [0.29, 0.717) is 11.5 Å². The summed E-state index contributed by atoms with van der Waals surface area (Å²) in [6, 6.07) is 8.24. The molecule has 3 heteroatoms. The van der Waals surface area contributed by atoms with Gasteiger partial charge in [0.1, 0.15) is 6.10 Å². The molecule has 1 aromatic rings. The van der Waals surface area contributed by atoms with Crippen molar-refractivity contribution in [2.45, 2.75) is 44.1 Å². The minimum atomic E-state index is -0.750. The second kappa shape index (κ2) is 6.85. The average molecular weight is 262 g/mol. The van der Waals surface area contributed by atoms with Crippen LogP contribution in [0.3, 0.4) is 0 Å². The van der Waals surface area contributed by atoms with Crippen LogP contribution in [-0.2, 0) is 4.89 Å². The first-order chi connectivity index (χ1) is 9.26. The van der Waals surface area contributed by atoms with Gasteiger partial charge in [0.2, 0.25) is 0 Å². The summed E-state index contributed by atoms with van der Waals surface area (Å²) in [5.41, 5.74) is 2.87. The fraction of sp³-hybridized carbons (Fsp3) is 0.500. The Kier molecular flexibility index (Phi) is 5.14. The van der Waals surface area contributed by atoms with Crippen molar-refractivity contribution >= 4 is 5.57 Å². The van der Waals surface area contributed by atoms with Crippen molar-refractivity contribution in [1.29, 1.82) is 0 Å². The third kappa shape index (κ3) is 3.44. The van der Waals surface area contributed by atoms with Crippen molar-refractivity contribution in [3.8, 4) is 0 Å². The summed E-state index contributed by atoms with van der Waals surface area (Å²) in [6.45, 7) is 3.59. The molecule has 3 nitrogen and oxygen atoms in total. The molecule has 0 amide bonds. The molecule has 1 unspecified atom stereocenters. The zero-order valence-electron chi connectivity index (χ0n) is 11.2. The highest BCUT2D eigenvalue weighted by Gasteiger charge is 2.17. The summed E-state index contributed by atoms with van der Waals surface area (Å²) < 4.78 is 0. The van der Waals surface area contributed by atoms with E-state index >= 15 is 0 Å². The first kappa shape index (κ1) is 14.3. The van der Waals surface area contributed by atoms with Gasteiger partial charge in [0.25, 0.3) is 0 Å². The predicted molar refractivity (Wildman–Crippen MR) is 75.9 cm³/mol. The summed E-state index contributed by atoms with van der Waals surface area (Å²) in [6.07, 6.45) is 5.81. The molecule has 1 aliphatic rings. The topological polar surface area (TPSA) is 49.7 Å². The molecule has 19 heavy (non-hydrogen) atoms. The van der Waals surface area contributed by atoms with Gasteiger partial charge in [-0.05, 0) is 35.5 Å². The van der Waals surface area contributed by atoms with E-state index in [4.69, 9.17) is 10.4 Å². The number of benzene rings is 1. The minimum Gasteiger partial charge on any atom is -0.393 e. The van der Waals surface area contributed by atoms with Crippen LogP contribution in [0.25, 0.3) is 5.57 Å². The lowest BCUT2D eigenvalue weighted by molar-refractivity contribution is -0.268. The molecule has 0 aliphatic heterocycles. The summed E-state index contributed by atoms with van der Waals surface area (Å²) in [7, 11) is 0. The molecule has 1 saturated carbocycles. The van der Waals surface area contributed by atoms with Gasteiger partial charge in [0.15, 0.2) is 0 Å². The molecule has 0 bridgehead atoms. The smallest absolute Gasteiger partial charge is 0.141 e. The van der Waals surface area contributed by atoms with Gasteiger partial charge in [-0.1, -0.05) is 50.1 Å². The third-order valence-electron chi connectivity index (χ3n) is 4.04. The fourth-order valence-electron chi connectivity index (χ4n) is 2.80. The summed E-state index contributed by atoms with van der Waals surface area (Å²) in [5.74, 6) is 0.679. The largest absolute Gasteiger partial charge is 0.393 e. The van der Waals surface area contributed by atoms with Gasteiger partial charge in [0.05, 0.1) is 6.61 Å². The first-order valence-electron chi connectivity index (χ1n) is 6.96. The molecule has 2 N–H and O–H groups in total. The molecule has 0 radical (unpaired) electrons. The molecule has 0 spiro atoms. The highest BCUT2D eigenvalue weighted by molar-refractivity contribution is 5.67. The van der Waals surface area contributed by atoms with Crippen LogP contribution in [0, 0.1) is 0 Å². The monoisotopic (exact) mass is 262 g/mol. The van der Waals surface area contributed by atoms with E-state index in [0.717, 1.165) is 5.56 Å². The van der Waals surface area contributed by atoms with Crippen LogP contribution in [0.1, 0.15) is 49.1 Å². The molecule has 1 aromatic carbocycles. The first-order valence-corrected chi connectivity index (χ1v) is 6.96. The van der Waals surface area contributed by atoms with Crippen LogP contribution in [0.5, 0.6) is 0 Å². The van der Waals surface area contributed by atoms with Crippen LogP contribution in [0.15, 0.2) is 30.8 Å². The van der Waals surface area contributed by atoms with Crippen LogP contribution in [0.4, 0.5) is 0 Å². The van der Waals surface area contributed by atoms with Gasteiger partial charge in [-0.15, -0.1) is 0 Å². The number of hydrogen-bond donors (Lipinski definition) is 2. The maximum Gasteiger partial charge on any atom is 0.141 e. The zero-order valence-corrected chi connectivity index (χ0v) is 11.2. The minimum absolute atomic E-state index is 0.278. The summed E-state index contributed by atoms with van der Waals surface area (Å²) >= 11 is 0. The Morgan fingerprint density at radius 3 is 2.37 bits per heavy atom. The van der Waals surface area contributed by atoms with Gasteiger partial charge < -0.3 is 5.11 Å². The second-order valence-corrected chi connectivity index (χ2v) is 5.26. The van der Waals surface area contributed by atoms with Crippen LogP contribution in [-0.4, -0.2) is 23.1 Å². The average Bonchev–Trinajstić information content (AvgIpc) is 2.49. The quantitative estimate of drug-likeness (QED) is 0.629. The van der Waals surface area contributed by atoms with Crippen molar-refractivity contribution in [2.24, 2.45) is 0 Å². The summed E-state index contributed by atoms with van der Waals surface area (Å²) in [4.78, 5) is 4.21. The Balaban J connectivity index is 2.07. The predicted octanol–water partition coefficient (Wildman–Crippen LogP) is 3.60. The highest BCUT2D eigenvalue weighted by Crippen LogP contribution is 2.33.